The zero-order valence-electron chi connectivity index (χ0n) is 18.3. The lowest BCUT2D eigenvalue weighted by Gasteiger charge is -2.33. The van der Waals surface area contributed by atoms with Crippen LogP contribution < -0.4 is 9.47 Å². The zero-order valence-corrected chi connectivity index (χ0v) is 18.3. The van der Waals surface area contributed by atoms with E-state index in [0.29, 0.717) is 36.8 Å². The number of nitrogens with zero attached hydrogens (tertiary/aromatic N) is 2. The first kappa shape index (κ1) is 21.4. The van der Waals surface area contributed by atoms with Crippen LogP contribution >= 0.6 is 0 Å². The second-order valence-electron chi connectivity index (χ2n) is 8.36. The number of carbonyl (C=O) groups is 2. The van der Waals surface area contributed by atoms with E-state index in [4.69, 9.17) is 9.47 Å². The van der Waals surface area contributed by atoms with Crippen LogP contribution in [0.15, 0.2) is 48.5 Å². The van der Waals surface area contributed by atoms with E-state index in [1.807, 2.05) is 61.3 Å². The first-order chi connectivity index (χ1) is 15.0. The Bertz CT molecular complexity index is 922. The molecule has 0 aliphatic carbocycles. The van der Waals surface area contributed by atoms with Crippen LogP contribution in [0, 0.1) is 5.92 Å². The number of ether oxygens (including phenoxy) is 2. The molecule has 1 fully saturated rings. The van der Waals surface area contributed by atoms with Gasteiger partial charge in [0.25, 0.3) is 0 Å². The molecular weight excluding hydrogens is 392 g/mol. The molecule has 2 aliphatic heterocycles. The van der Waals surface area contributed by atoms with Crippen molar-refractivity contribution in [3.05, 3.63) is 59.7 Å². The molecule has 2 aliphatic rings. The van der Waals surface area contributed by atoms with Crippen molar-refractivity contribution in [1.29, 1.82) is 0 Å². The third kappa shape index (κ3) is 4.90. The van der Waals surface area contributed by atoms with Crippen molar-refractivity contribution in [2.75, 3.05) is 39.9 Å². The summed E-state index contributed by atoms with van der Waals surface area (Å²) in [7, 11) is 1.86. The molecule has 0 aromatic heterocycles. The van der Waals surface area contributed by atoms with Gasteiger partial charge in [0.05, 0.1) is 12.6 Å². The van der Waals surface area contributed by atoms with E-state index in [2.05, 4.69) is 4.90 Å². The SMILES string of the molecule is C[C@@H](c1ccccc1)N(C)C(=O)CN1CCC(C(=O)c2ccc3c(c2)OCCO3)CC1. The fourth-order valence-corrected chi connectivity index (χ4v) is 4.26. The molecule has 31 heavy (non-hydrogen) atoms. The van der Waals surface area contributed by atoms with Crippen LogP contribution in [0.25, 0.3) is 0 Å². The van der Waals surface area contributed by atoms with Crippen LogP contribution in [0.5, 0.6) is 11.5 Å². The normalized spacial score (nSPS) is 17.7. The smallest absolute Gasteiger partial charge is 0.236 e. The number of carbonyl (C=O) groups excluding carboxylic acids is 2. The lowest BCUT2D eigenvalue weighted by atomic mass is 9.88. The van der Waals surface area contributed by atoms with Gasteiger partial charge in [-0.15, -0.1) is 0 Å². The Labute approximate surface area is 183 Å². The second kappa shape index (κ2) is 9.52. The quantitative estimate of drug-likeness (QED) is 0.666. The van der Waals surface area contributed by atoms with Crippen LogP contribution in [0.4, 0.5) is 0 Å². The number of rotatable bonds is 6. The average Bonchev–Trinajstić information content (AvgIpc) is 2.83. The highest BCUT2D eigenvalue weighted by atomic mass is 16.6. The maximum Gasteiger partial charge on any atom is 0.236 e. The molecule has 0 unspecified atom stereocenters. The summed E-state index contributed by atoms with van der Waals surface area (Å²) in [6.45, 7) is 4.98. The van der Waals surface area contributed by atoms with Crippen molar-refractivity contribution in [1.82, 2.24) is 9.80 Å². The van der Waals surface area contributed by atoms with E-state index in [0.717, 1.165) is 31.5 Å². The van der Waals surface area contributed by atoms with E-state index in [9.17, 15) is 9.59 Å². The Morgan fingerprint density at radius 1 is 1.03 bits per heavy atom. The summed E-state index contributed by atoms with van der Waals surface area (Å²) >= 11 is 0. The minimum atomic E-state index is -0.0186. The maximum absolute atomic E-state index is 13.0. The van der Waals surface area contributed by atoms with Gasteiger partial charge in [-0.2, -0.15) is 0 Å². The summed E-state index contributed by atoms with van der Waals surface area (Å²) in [5.74, 6) is 1.58. The summed E-state index contributed by atoms with van der Waals surface area (Å²) in [5, 5.41) is 0. The molecule has 0 N–H and O–H groups in total. The van der Waals surface area contributed by atoms with Crippen molar-refractivity contribution in [2.24, 2.45) is 5.92 Å². The molecule has 2 aromatic carbocycles. The number of amides is 1. The van der Waals surface area contributed by atoms with Gasteiger partial charge in [0.15, 0.2) is 17.3 Å². The largest absolute Gasteiger partial charge is 0.486 e. The second-order valence-corrected chi connectivity index (χ2v) is 8.36. The summed E-state index contributed by atoms with van der Waals surface area (Å²) in [6.07, 6.45) is 1.52. The molecule has 2 aromatic rings. The molecule has 1 atom stereocenters. The Morgan fingerprint density at radius 2 is 1.71 bits per heavy atom. The number of ketones is 1. The Morgan fingerprint density at radius 3 is 2.42 bits per heavy atom. The fraction of sp³-hybridized carbons (Fsp3) is 0.440. The summed E-state index contributed by atoms with van der Waals surface area (Å²) < 4.78 is 11.1. The number of hydrogen-bond donors (Lipinski definition) is 0. The van der Waals surface area contributed by atoms with Crippen LogP contribution in [0.3, 0.4) is 0 Å². The molecule has 2 heterocycles. The predicted octanol–water partition coefficient (Wildman–Crippen LogP) is 3.57. The molecular formula is C25H30N2O4. The number of Topliss-reactive ketones (excluding diaryl/α,β-unsaturated/α-hetero) is 1. The van der Waals surface area contributed by atoms with E-state index in [-0.39, 0.29) is 23.7 Å². The molecule has 0 radical (unpaired) electrons. The van der Waals surface area contributed by atoms with Gasteiger partial charge in [-0.05, 0) is 56.6 Å². The molecule has 4 rings (SSSR count). The van der Waals surface area contributed by atoms with Gasteiger partial charge in [-0.1, -0.05) is 30.3 Å². The van der Waals surface area contributed by atoms with Crippen LogP contribution in [0.1, 0.15) is 41.7 Å². The molecule has 0 spiro atoms. The standard InChI is InChI=1S/C25H30N2O4/c1-18(19-6-4-3-5-7-19)26(2)24(28)17-27-12-10-20(11-13-27)25(29)21-8-9-22-23(16-21)31-15-14-30-22/h3-9,16,18,20H,10-15,17H2,1-2H3/t18-/m0/s1. The molecule has 0 bridgehead atoms. The number of fused-ring (bicyclic) bond motifs is 1. The molecule has 6 nitrogen and oxygen atoms in total. The Hall–Kier alpha value is -2.86. The highest BCUT2D eigenvalue weighted by Crippen LogP contribution is 2.32. The minimum absolute atomic E-state index is 0.0186. The zero-order chi connectivity index (χ0) is 21.8. The maximum atomic E-state index is 13.0. The Kier molecular flexibility index (Phi) is 6.56. The van der Waals surface area contributed by atoms with Gasteiger partial charge in [-0.25, -0.2) is 0 Å². The van der Waals surface area contributed by atoms with E-state index in [1.165, 1.54) is 0 Å². The van der Waals surface area contributed by atoms with Gasteiger partial charge in [-0.3, -0.25) is 14.5 Å². The van der Waals surface area contributed by atoms with Crippen molar-refractivity contribution >= 4 is 11.7 Å². The van der Waals surface area contributed by atoms with Gasteiger partial charge < -0.3 is 14.4 Å². The van der Waals surface area contributed by atoms with E-state index < -0.39 is 0 Å². The molecule has 164 valence electrons. The fourth-order valence-electron chi connectivity index (χ4n) is 4.26. The molecule has 6 heteroatoms. The third-order valence-corrected chi connectivity index (χ3v) is 6.40. The van der Waals surface area contributed by atoms with Crippen molar-refractivity contribution in [3.63, 3.8) is 0 Å². The number of hydrogen-bond acceptors (Lipinski definition) is 5. The van der Waals surface area contributed by atoms with Crippen molar-refractivity contribution in [2.45, 2.75) is 25.8 Å². The van der Waals surface area contributed by atoms with Crippen LogP contribution in [0.2, 0.25) is 0 Å². The number of likely N-dealkylation sites (tertiary alicyclic amines) is 1. The first-order valence-electron chi connectivity index (χ1n) is 11.0. The lowest BCUT2D eigenvalue weighted by molar-refractivity contribution is -0.133. The van der Waals surface area contributed by atoms with Crippen LogP contribution in [-0.4, -0.2) is 61.4 Å². The van der Waals surface area contributed by atoms with Crippen LogP contribution in [-0.2, 0) is 4.79 Å². The van der Waals surface area contributed by atoms with Gasteiger partial charge in [0.1, 0.15) is 13.2 Å². The minimum Gasteiger partial charge on any atom is -0.486 e. The summed E-state index contributed by atoms with van der Waals surface area (Å²) in [6, 6.07) is 15.5. The molecule has 1 amide bonds. The topological polar surface area (TPSA) is 59.1 Å². The van der Waals surface area contributed by atoms with Gasteiger partial charge in [0.2, 0.25) is 5.91 Å². The predicted molar refractivity (Wildman–Crippen MR) is 119 cm³/mol. The third-order valence-electron chi connectivity index (χ3n) is 6.40. The number of likely N-dealkylation sites (N-methyl/N-ethyl adjacent to an activating group) is 1. The molecule has 0 saturated carbocycles. The van der Waals surface area contributed by atoms with Gasteiger partial charge in [0, 0.05) is 18.5 Å². The average molecular weight is 423 g/mol. The molecule has 1 saturated heterocycles. The van der Waals surface area contributed by atoms with Crippen molar-refractivity contribution < 1.29 is 19.1 Å². The Balaban J connectivity index is 1.29. The first-order valence-corrected chi connectivity index (χ1v) is 11.0. The van der Waals surface area contributed by atoms with E-state index in [1.54, 1.807) is 6.07 Å². The number of benzene rings is 2. The van der Waals surface area contributed by atoms with Crippen molar-refractivity contribution in [3.8, 4) is 11.5 Å². The highest BCUT2D eigenvalue weighted by molar-refractivity contribution is 5.98. The van der Waals surface area contributed by atoms with Gasteiger partial charge >= 0.3 is 0 Å². The highest BCUT2D eigenvalue weighted by Gasteiger charge is 2.28. The summed E-state index contributed by atoms with van der Waals surface area (Å²) in [4.78, 5) is 29.7. The summed E-state index contributed by atoms with van der Waals surface area (Å²) in [5.41, 5.74) is 1.80. The number of piperidine rings is 1. The van der Waals surface area contributed by atoms with E-state index >= 15 is 0 Å². The lowest BCUT2D eigenvalue weighted by Crippen LogP contribution is -2.43. The monoisotopic (exact) mass is 422 g/mol.